The second-order valence-corrected chi connectivity index (χ2v) is 5.09. The fourth-order valence-corrected chi connectivity index (χ4v) is 2.49. The third-order valence-electron chi connectivity index (χ3n) is 3.62. The number of carbonyl (C=O) groups is 2. The van der Waals surface area contributed by atoms with Crippen LogP contribution < -0.4 is 14.4 Å². The van der Waals surface area contributed by atoms with Crippen LogP contribution in [0.3, 0.4) is 0 Å². The number of methoxy groups -OCH3 is 1. The highest BCUT2D eigenvalue weighted by atomic mass is 16.5. The van der Waals surface area contributed by atoms with E-state index < -0.39 is 5.97 Å². The van der Waals surface area contributed by atoms with Gasteiger partial charge in [-0.1, -0.05) is 0 Å². The van der Waals surface area contributed by atoms with Crippen LogP contribution >= 0.6 is 0 Å². The Balaban J connectivity index is 1.73. The third-order valence-corrected chi connectivity index (χ3v) is 3.62. The van der Waals surface area contributed by atoms with E-state index in [0.29, 0.717) is 12.2 Å². The van der Waals surface area contributed by atoms with E-state index in [1.165, 1.54) is 13.3 Å². The highest BCUT2D eigenvalue weighted by Gasteiger charge is 2.21. The summed E-state index contributed by atoms with van der Waals surface area (Å²) in [7, 11) is 1.45. The molecule has 0 atom stereocenters. The average Bonchev–Trinajstić information content (AvgIpc) is 3.01. The van der Waals surface area contributed by atoms with E-state index in [-0.39, 0.29) is 17.4 Å². The number of carbonyl (C=O) groups excluding carboxylic acids is 2. The molecule has 23 heavy (non-hydrogen) atoms. The first-order valence-corrected chi connectivity index (χ1v) is 7.30. The van der Waals surface area contributed by atoms with Gasteiger partial charge in [0.1, 0.15) is 11.3 Å². The summed E-state index contributed by atoms with van der Waals surface area (Å²) in [5.41, 5.74) is 1.07. The lowest BCUT2D eigenvalue weighted by Crippen LogP contribution is -2.23. The molecule has 6 nitrogen and oxygen atoms in total. The molecule has 118 valence electrons. The van der Waals surface area contributed by atoms with Crippen molar-refractivity contribution in [3.8, 4) is 11.6 Å². The largest absolute Gasteiger partial charge is 0.480 e. The zero-order valence-electron chi connectivity index (χ0n) is 12.7. The maximum Gasteiger partial charge on any atom is 0.349 e. The molecule has 0 spiro atoms. The summed E-state index contributed by atoms with van der Waals surface area (Å²) < 4.78 is 10.4. The van der Waals surface area contributed by atoms with Gasteiger partial charge in [0, 0.05) is 24.8 Å². The van der Waals surface area contributed by atoms with Crippen LogP contribution in [0.25, 0.3) is 0 Å². The van der Waals surface area contributed by atoms with Crippen LogP contribution in [0, 0.1) is 0 Å². The minimum Gasteiger partial charge on any atom is -0.480 e. The molecule has 0 unspecified atom stereocenters. The smallest absolute Gasteiger partial charge is 0.349 e. The average molecular weight is 312 g/mol. The predicted octanol–water partition coefficient (Wildman–Crippen LogP) is 2.44. The summed E-state index contributed by atoms with van der Waals surface area (Å²) >= 11 is 0. The maximum atomic E-state index is 12.2. The zero-order valence-corrected chi connectivity index (χ0v) is 12.7. The molecule has 0 N–H and O–H groups in total. The number of anilines is 1. The quantitative estimate of drug-likeness (QED) is 0.640. The summed E-state index contributed by atoms with van der Waals surface area (Å²) in [4.78, 5) is 29.6. The number of pyridine rings is 1. The van der Waals surface area contributed by atoms with Crippen molar-refractivity contribution in [2.45, 2.75) is 12.8 Å². The Bertz CT molecular complexity index is 728. The van der Waals surface area contributed by atoms with Gasteiger partial charge in [-0.3, -0.25) is 4.79 Å². The molecule has 1 aliphatic heterocycles. The van der Waals surface area contributed by atoms with Gasteiger partial charge >= 0.3 is 5.97 Å². The van der Waals surface area contributed by atoms with Gasteiger partial charge in [0.25, 0.3) is 0 Å². The predicted molar refractivity (Wildman–Crippen MR) is 83.8 cm³/mol. The number of hydrogen-bond acceptors (Lipinski definition) is 5. The van der Waals surface area contributed by atoms with Gasteiger partial charge in [0.15, 0.2) is 0 Å². The number of amides is 1. The third kappa shape index (κ3) is 3.15. The van der Waals surface area contributed by atoms with Crippen LogP contribution in [0.2, 0.25) is 0 Å². The monoisotopic (exact) mass is 312 g/mol. The maximum absolute atomic E-state index is 12.2. The summed E-state index contributed by atoms with van der Waals surface area (Å²) in [6.07, 6.45) is 2.99. The van der Waals surface area contributed by atoms with Crippen LogP contribution in [-0.4, -0.2) is 30.5 Å². The second-order valence-electron chi connectivity index (χ2n) is 5.09. The van der Waals surface area contributed by atoms with E-state index in [0.717, 1.165) is 18.7 Å². The molecule has 2 aromatic rings. The molecule has 0 bridgehead atoms. The van der Waals surface area contributed by atoms with Crippen LogP contribution in [-0.2, 0) is 4.79 Å². The molecule has 0 radical (unpaired) electrons. The van der Waals surface area contributed by atoms with Gasteiger partial charge in [-0.25, -0.2) is 9.78 Å². The van der Waals surface area contributed by atoms with Crippen molar-refractivity contribution in [3.05, 3.63) is 48.2 Å². The van der Waals surface area contributed by atoms with Gasteiger partial charge in [-0.2, -0.15) is 0 Å². The van der Waals surface area contributed by atoms with Crippen LogP contribution in [0.4, 0.5) is 5.69 Å². The first-order chi connectivity index (χ1) is 11.2. The fourth-order valence-electron chi connectivity index (χ4n) is 2.49. The van der Waals surface area contributed by atoms with Crippen LogP contribution in [0.1, 0.15) is 23.2 Å². The van der Waals surface area contributed by atoms with Gasteiger partial charge < -0.3 is 14.4 Å². The Morgan fingerprint density at radius 3 is 2.65 bits per heavy atom. The van der Waals surface area contributed by atoms with Crippen molar-refractivity contribution in [1.82, 2.24) is 4.98 Å². The molecular weight excluding hydrogens is 296 g/mol. The molecule has 3 rings (SSSR count). The number of rotatable bonds is 4. The van der Waals surface area contributed by atoms with E-state index in [1.807, 2.05) is 0 Å². The molecule has 1 saturated heterocycles. The fraction of sp³-hybridized carbons (Fsp3) is 0.235. The SMILES string of the molecule is COc1ncccc1C(=O)Oc1ccc(N2CCCC2=O)cc1. The minimum atomic E-state index is -0.542. The van der Waals surface area contributed by atoms with E-state index in [2.05, 4.69) is 4.98 Å². The Hall–Kier alpha value is -2.89. The lowest BCUT2D eigenvalue weighted by Gasteiger charge is -2.15. The first kappa shape index (κ1) is 15.0. The van der Waals surface area contributed by atoms with Gasteiger partial charge in [-0.15, -0.1) is 0 Å². The zero-order chi connectivity index (χ0) is 16.2. The van der Waals surface area contributed by atoms with Crippen LogP contribution in [0.5, 0.6) is 11.6 Å². The number of aromatic nitrogens is 1. The van der Waals surface area contributed by atoms with E-state index in [4.69, 9.17) is 9.47 Å². The van der Waals surface area contributed by atoms with Crippen molar-refractivity contribution in [2.75, 3.05) is 18.6 Å². The number of hydrogen-bond donors (Lipinski definition) is 0. The lowest BCUT2D eigenvalue weighted by molar-refractivity contribution is -0.117. The van der Waals surface area contributed by atoms with Crippen molar-refractivity contribution >= 4 is 17.6 Å². The van der Waals surface area contributed by atoms with E-state index >= 15 is 0 Å². The molecule has 1 aromatic heterocycles. The molecule has 1 amide bonds. The molecule has 6 heteroatoms. The van der Waals surface area contributed by atoms with Gasteiger partial charge in [0.2, 0.25) is 11.8 Å². The van der Waals surface area contributed by atoms with Crippen molar-refractivity contribution in [2.24, 2.45) is 0 Å². The summed E-state index contributed by atoms with van der Waals surface area (Å²) in [5.74, 6) is 0.197. The first-order valence-electron chi connectivity index (χ1n) is 7.30. The minimum absolute atomic E-state index is 0.120. The summed E-state index contributed by atoms with van der Waals surface area (Å²) in [6.45, 7) is 0.727. The summed E-state index contributed by atoms with van der Waals surface area (Å²) in [6, 6.07) is 10.1. The summed E-state index contributed by atoms with van der Waals surface area (Å²) in [5, 5.41) is 0. The molecule has 1 fully saturated rings. The second kappa shape index (κ2) is 6.48. The topological polar surface area (TPSA) is 68.7 Å². The van der Waals surface area contributed by atoms with Gasteiger partial charge in [0.05, 0.1) is 7.11 Å². The normalized spacial score (nSPS) is 14.0. The number of ether oxygens (including phenoxy) is 2. The van der Waals surface area contributed by atoms with E-state index in [1.54, 1.807) is 41.3 Å². The van der Waals surface area contributed by atoms with Crippen LogP contribution in [0.15, 0.2) is 42.6 Å². The van der Waals surface area contributed by atoms with Crippen molar-refractivity contribution < 1.29 is 19.1 Å². The Morgan fingerprint density at radius 2 is 2.00 bits per heavy atom. The highest BCUT2D eigenvalue weighted by molar-refractivity contribution is 5.95. The number of nitrogens with zero attached hydrogens (tertiary/aromatic N) is 2. The Kier molecular flexibility index (Phi) is 4.23. The molecule has 1 aliphatic rings. The molecule has 1 aromatic carbocycles. The highest BCUT2D eigenvalue weighted by Crippen LogP contribution is 2.25. The number of esters is 1. The van der Waals surface area contributed by atoms with Crippen molar-refractivity contribution in [1.29, 1.82) is 0 Å². The standard InChI is InChI=1S/C17H16N2O4/c1-22-16-14(4-2-10-18-16)17(21)23-13-8-6-12(7-9-13)19-11-3-5-15(19)20/h2,4,6-10H,3,5,11H2,1H3. The Labute approximate surface area is 133 Å². The molecule has 0 aliphatic carbocycles. The molecule has 2 heterocycles. The van der Waals surface area contributed by atoms with E-state index in [9.17, 15) is 9.59 Å². The van der Waals surface area contributed by atoms with Crippen molar-refractivity contribution in [3.63, 3.8) is 0 Å². The van der Waals surface area contributed by atoms with Gasteiger partial charge in [-0.05, 0) is 42.8 Å². The molecule has 0 saturated carbocycles. The number of benzene rings is 1. The lowest BCUT2D eigenvalue weighted by atomic mass is 10.2. The Morgan fingerprint density at radius 1 is 1.22 bits per heavy atom. The molecular formula is C17H16N2O4.